The summed E-state index contributed by atoms with van der Waals surface area (Å²) in [7, 11) is 3.63. The van der Waals surface area contributed by atoms with Crippen molar-refractivity contribution in [1.29, 1.82) is 0 Å². The predicted octanol–water partition coefficient (Wildman–Crippen LogP) is 2.02. The third-order valence-electron chi connectivity index (χ3n) is 3.28. The lowest BCUT2D eigenvalue weighted by Gasteiger charge is -2.33. The van der Waals surface area contributed by atoms with Crippen molar-refractivity contribution < 1.29 is 4.79 Å². The van der Waals surface area contributed by atoms with Crippen LogP contribution in [0.5, 0.6) is 0 Å². The van der Waals surface area contributed by atoms with Gasteiger partial charge in [0, 0.05) is 20.1 Å². The number of hydrogen-bond donors (Lipinski definition) is 1. The fourth-order valence-electron chi connectivity index (χ4n) is 2.32. The van der Waals surface area contributed by atoms with Gasteiger partial charge in [0.1, 0.15) is 0 Å². The Labute approximate surface area is 99.6 Å². The SMILES string of the molecule is CCCC(NC(C)(C)C(=O)N(C)C)C1CC1. The topological polar surface area (TPSA) is 32.3 Å². The van der Waals surface area contributed by atoms with Gasteiger partial charge in [-0.25, -0.2) is 0 Å². The fourth-order valence-corrected chi connectivity index (χ4v) is 2.32. The summed E-state index contributed by atoms with van der Waals surface area (Å²) in [5.74, 6) is 0.962. The van der Waals surface area contributed by atoms with Crippen LogP contribution >= 0.6 is 0 Å². The van der Waals surface area contributed by atoms with Gasteiger partial charge in [-0.05, 0) is 39.0 Å². The van der Waals surface area contributed by atoms with Crippen molar-refractivity contribution in [3.63, 3.8) is 0 Å². The lowest BCUT2D eigenvalue weighted by atomic mass is 9.98. The molecule has 0 heterocycles. The van der Waals surface area contributed by atoms with E-state index in [1.807, 2.05) is 27.9 Å². The number of carbonyl (C=O) groups is 1. The molecule has 3 nitrogen and oxygen atoms in total. The van der Waals surface area contributed by atoms with Crippen LogP contribution in [0.25, 0.3) is 0 Å². The molecule has 1 saturated carbocycles. The van der Waals surface area contributed by atoms with E-state index in [4.69, 9.17) is 0 Å². The molecule has 1 atom stereocenters. The van der Waals surface area contributed by atoms with Crippen molar-refractivity contribution in [2.75, 3.05) is 14.1 Å². The van der Waals surface area contributed by atoms with Gasteiger partial charge >= 0.3 is 0 Å². The molecule has 0 radical (unpaired) electrons. The fraction of sp³-hybridized carbons (Fsp3) is 0.923. The smallest absolute Gasteiger partial charge is 0.241 e. The maximum Gasteiger partial charge on any atom is 0.241 e. The number of nitrogens with zero attached hydrogens (tertiary/aromatic N) is 1. The van der Waals surface area contributed by atoms with Gasteiger partial charge in [0.15, 0.2) is 0 Å². The molecular weight excluding hydrogens is 200 g/mol. The Morgan fingerprint density at radius 2 is 2.00 bits per heavy atom. The molecule has 0 saturated heterocycles. The molecule has 94 valence electrons. The minimum atomic E-state index is -0.439. The van der Waals surface area contributed by atoms with Crippen LogP contribution in [0.2, 0.25) is 0 Å². The quantitative estimate of drug-likeness (QED) is 0.751. The van der Waals surface area contributed by atoms with Crippen molar-refractivity contribution in [3.8, 4) is 0 Å². The van der Waals surface area contributed by atoms with Gasteiger partial charge in [0.2, 0.25) is 5.91 Å². The van der Waals surface area contributed by atoms with Crippen molar-refractivity contribution in [1.82, 2.24) is 10.2 Å². The highest BCUT2D eigenvalue weighted by Gasteiger charge is 2.37. The molecular formula is C13H26N2O. The highest BCUT2D eigenvalue weighted by molar-refractivity contribution is 5.85. The van der Waals surface area contributed by atoms with E-state index in [9.17, 15) is 4.79 Å². The largest absolute Gasteiger partial charge is 0.347 e. The minimum Gasteiger partial charge on any atom is -0.347 e. The molecule has 1 amide bonds. The molecule has 1 N–H and O–H groups in total. The van der Waals surface area contributed by atoms with Gasteiger partial charge in [-0.2, -0.15) is 0 Å². The average molecular weight is 226 g/mol. The summed E-state index contributed by atoms with van der Waals surface area (Å²) in [6, 6.07) is 0.518. The van der Waals surface area contributed by atoms with Crippen LogP contribution in [-0.2, 0) is 4.79 Å². The summed E-state index contributed by atoms with van der Waals surface area (Å²) in [6.07, 6.45) is 5.00. The van der Waals surface area contributed by atoms with Gasteiger partial charge in [0.25, 0.3) is 0 Å². The zero-order valence-corrected chi connectivity index (χ0v) is 11.3. The van der Waals surface area contributed by atoms with E-state index < -0.39 is 5.54 Å². The Morgan fingerprint density at radius 3 is 2.38 bits per heavy atom. The summed E-state index contributed by atoms with van der Waals surface area (Å²) >= 11 is 0. The summed E-state index contributed by atoms with van der Waals surface area (Å²) in [5.41, 5.74) is -0.439. The normalized spacial score (nSPS) is 18.3. The molecule has 16 heavy (non-hydrogen) atoms. The second-order valence-electron chi connectivity index (χ2n) is 5.70. The van der Waals surface area contributed by atoms with Crippen LogP contribution in [0.1, 0.15) is 46.5 Å². The molecule has 1 rings (SSSR count). The predicted molar refractivity (Wildman–Crippen MR) is 67.3 cm³/mol. The van der Waals surface area contributed by atoms with E-state index in [2.05, 4.69) is 12.2 Å². The molecule has 0 aromatic heterocycles. The Hall–Kier alpha value is -0.570. The lowest BCUT2D eigenvalue weighted by molar-refractivity contribution is -0.134. The van der Waals surface area contributed by atoms with Crippen LogP contribution < -0.4 is 5.32 Å². The number of nitrogens with one attached hydrogen (secondary N) is 1. The van der Waals surface area contributed by atoms with Crippen LogP contribution in [0, 0.1) is 5.92 Å². The first-order valence-corrected chi connectivity index (χ1v) is 6.38. The number of amides is 1. The van der Waals surface area contributed by atoms with Crippen molar-refractivity contribution in [2.24, 2.45) is 5.92 Å². The van der Waals surface area contributed by atoms with E-state index in [-0.39, 0.29) is 5.91 Å². The van der Waals surface area contributed by atoms with Crippen LogP contribution in [0.15, 0.2) is 0 Å². The van der Waals surface area contributed by atoms with Crippen LogP contribution in [-0.4, -0.2) is 36.5 Å². The van der Waals surface area contributed by atoms with Gasteiger partial charge < -0.3 is 10.2 Å². The average Bonchev–Trinajstić information content (AvgIpc) is 2.98. The third-order valence-corrected chi connectivity index (χ3v) is 3.28. The Kier molecular flexibility index (Phi) is 4.36. The second kappa shape index (κ2) is 5.17. The number of rotatable bonds is 6. The van der Waals surface area contributed by atoms with Gasteiger partial charge in [-0.15, -0.1) is 0 Å². The Morgan fingerprint density at radius 1 is 1.44 bits per heavy atom. The zero-order valence-electron chi connectivity index (χ0n) is 11.3. The molecule has 0 aromatic rings. The Balaban J connectivity index is 2.57. The summed E-state index contributed by atoms with van der Waals surface area (Å²) in [6.45, 7) is 6.18. The summed E-state index contributed by atoms with van der Waals surface area (Å²) in [4.78, 5) is 13.7. The van der Waals surface area contributed by atoms with E-state index in [0.717, 1.165) is 5.92 Å². The maximum absolute atomic E-state index is 12.0. The monoisotopic (exact) mass is 226 g/mol. The van der Waals surface area contributed by atoms with E-state index >= 15 is 0 Å². The first-order valence-electron chi connectivity index (χ1n) is 6.38. The molecule has 0 aromatic carbocycles. The molecule has 1 aliphatic rings. The van der Waals surface area contributed by atoms with Crippen molar-refractivity contribution >= 4 is 5.91 Å². The molecule has 3 heteroatoms. The maximum atomic E-state index is 12.0. The number of hydrogen-bond acceptors (Lipinski definition) is 2. The van der Waals surface area contributed by atoms with Gasteiger partial charge in [-0.1, -0.05) is 13.3 Å². The van der Waals surface area contributed by atoms with E-state index in [1.54, 1.807) is 4.90 Å². The highest BCUT2D eigenvalue weighted by Crippen LogP contribution is 2.35. The van der Waals surface area contributed by atoms with Crippen LogP contribution in [0.3, 0.4) is 0 Å². The van der Waals surface area contributed by atoms with E-state index in [0.29, 0.717) is 6.04 Å². The van der Waals surface area contributed by atoms with Crippen molar-refractivity contribution in [2.45, 2.75) is 58.0 Å². The molecule has 0 bridgehead atoms. The number of carbonyl (C=O) groups excluding carboxylic acids is 1. The molecule has 0 spiro atoms. The standard InChI is InChI=1S/C13H26N2O/c1-6-7-11(10-8-9-10)14-13(2,3)12(16)15(4)5/h10-11,14H,6-9H2,1-5H3. The van der Waals surface area contributed by atoms with E-state index in [1.165, 1.54) is 25.7 Å². The van der Waals surface area contributed by atoms with Gasteiger partial charge in [-0.3, -0.25) is 4.79 Å². The zero-order chi connectivity index (χ0) is 12.3. The summed E-state index contributed by atoms with van der Waals surface area (Å²) in [5, 5.41) is 3.55. The summed E-state index contributed by atoms with van der Waals surface area (Å²) < 4.78 is 0. The third kappa shape index (κ3) is 3.48. The molecule has 1 aliphatic carbocycles. The first-order chi connectivity index (χ1) is 7.38. The molecule has 1 unspecified atom stereocenters. The van der Waals surface area contributed by atoms with Crippen LogP contribution in [0.4, 0.5) is 0 Å². The molecule has 0 aliphatic heterocycles. The minimum absolute atomic E-state index is 0.161. The first kappa shape index (κ1) is 13.5. The highest BCUT2D eigenvalue weighted by atomic mass is 16.2. The lowest BCUT2D eigenvalue weighted by Crippen LogP contribution is -2.56. The van der Waals surface area contributed by atoms with Crippen molar-refractivity contribution in [3.05, 3.63) is 0 Å². The molecule has 1 fully saturated rings. The van der Waals surface area contributed by atoms with Gasteiger partial charge in [0.05, 0.1) is 5.54 Å². The number of likely N-dealkylation sites (N-methyl/N-ethyl adjacent to an activating group) is 1. The Bertz CT molecular complexity index is 244. The second-order valence-corrected chi connectivity index (χ2v) is 5.70.